The highest BCUT2D eigenvalue weighted by Crippen LogP contribution is 2.33. The van der Waals surface area contributed by atoms with Gasteiger partial charge in [0, 0.05) is 28.4 Å². The SMILES string of the molecule is O=C1COc2ccc(C(=O)Cc3ccccc3Sc3ncccc3CBr)cc2N1. The van der Waals surface area contributed by atoms with Crippen molar-refractivity contribution in [3.63, 3.8) is 0 Å². The van der Waals surface area contributed by atoms with Gasteiger partial charge in [-0.3, -0.25) is 9.59 Å². The molecule has 2 heterocycles. The summed E-state index contributed by atoms with van der Waals surface area (Å²) < 4.78 is 5.36. The van der Waals surface area contributed by atoms with Gasteiger partial charge in [0.1, 0.15) is 10.8 Å². The summed E-state index contributed by atoms with van der Waals surface area (Å²) in [6.07, 6.45) is 2.03. The fourth-order valence-corrected chi connectivity index (χ4v) is 4.65. The van der Waals surface area contributed by atoms with Crippen molar-refractivity contribution in [2.45, 2.75) is 21.7 Å². The van der Waals surface area contributed by atoms with Crippen LogP contribution in [0, 0.1) is 0 Å². The molecule has 0 spiro atoms. The number of halogens is 1. The summed E-state index contributed by atoms with van der Waals surface area (Å²) in [6, 6.07) is 16.9. The van der Waals surface area contributed by atoms with Crippen LogP contribution in [0.4, 0.5) is 5.69 Å². The monoisotopic (exact) mass is 468 g/mol. The first-order valence-electron chi connectivity index (χ1n) is 8.99. The molecule has 0 bridgehead atoms. The largest absolute Gasteiger partial charge is 0.482 e. The second-order valence-corrected chi connectivity index (χ2v) is 8.05. The summed E-state index contributed by atoms with van der Waals surface area (Å²) in [7, 11) is 0. The molecule has 0 saturated carbocycles. The number of Topliss-reactive ketones (excluding diaryl/α,β-unsaturated/α-hetero) is 1. The fourth-order valence-electron chi connectivity index (χ4n) is 3.00. The minimum absolute atomic E-state index is 0.00516. The molecule has 0 fully saturated rings. The first-order chi connectivity index (χ1) is 14.1. The molecule has 0 radical (unpaired) electrons. The van der Waals surface area contributed by atoms with Gasteiger partial charge in [0.05, 0.1) is 5.69 Å². The van der Waals surface area contributed by atoms with Gasteiger partial charge in [-0.05, 0) is 41.5 Å². The number of ether oxygens (including phenoxy) is 1. The lowest BCUT2D eigenvalue weighted by Crippen LogP contribution is -2.25. The van der Waals surface area contributed by atoms with Gasteiger partial charge in [0.2, 0.25) is 0 Å². The van der Waals surface area contributed by atoms with Gasteiger partial charge >= 0.3 is 0 Å². The van der Waals surface area contributed by atoms with E-state index in [9.17, 15) is 9.59 Å². The van der Waals surface area contributed by atoms with E-state index < -0.39 is 0 Å². The number of aromatic nitrogens is 1. The Balaban J connectivity index is 1.56. The Morgan fingerprint density at radius 3 is 2.83 bits per heavy atom. The number of hydrogen-bond donors (Lipinski definition) is 1. The molecular formula is C22H17BrN2O3S. The Kier molecular flexibility index (Phi) is 5.97. The number of fused-ring (bicyclic) bond motifs is 1. The van der Waals surface area contributed by atoms with Crippen LogP contribution in [0.25, 0.3) is 0 Å². The Bertz CT molecular complexity index is 1090. The predicted octanol–water partition coefficient (Wildman–Crippen LogP) is 4.88. The number of nitrogens with one attached hydrogen (secondary N) is 1. The van der Waals surface area contributed by atoms with Crippen molar-refractivity contribution in [1.29, 1.82) is 0 Å². The summed E-state index contributed by atoms with van der Waals surface area (Å²) in [5, 5.41) is 4.37. The normalized spacial score (nSPS) is 12.7. The Morgan fingerprint density at radius 2 is 1.97 bits per heavy atom. The molecule has 1 aliphatic heterocycles. The number of alkyl halides is 1. The summed E-state index contributed by atoms with van der Waals surface area (Å²) in [5.74, 6) is 0.332. The van der Waals surface area contributed by atoms with E-state index in [1.165, 1.54) is 0 Å². The first-order valence-corrected chi connectivity index (χ1v) is 10.9. The maximum atomic E-state index is 12.9. The lowest BCUT2D eigenvalue weighted by Gasteiger charge is -2.18. The molecule has 2 aromatic carbocycles. The maximum Gasteiger partial charge on any atom is 0.262 e. The van der Waals surface area contributed by atoms with E-state index in [0.29, 0.717) is 22.3 Å². The summed E-state index contributed by atoms with van der Waals surface area (Å²) in [4.78, 5) is 29.9. The Morgan fingerprint density at radius 1 is 1.14 bits per heavy atom. The highest BCUT2D eigenvalue weighted by atomic mass is 79.9. The molecule has 0 unspecified atom stereocenters. The average Bonchev–Trinajstić information content (AvgIpc) is 2.75. The third-order valence-corrected chi connectivity index (χ3v) is 6.24. The minimum atomic E-state index is -0.221. The molecule has 7 heteroatoms. The van der Waals surface area contributed by atoms with Crippen LogP contribution in [0.5, 0.6) is 5.75 Å². The van der Waals surface area contributed by atoms with E-state index in [1.807, 2.05) is 36.4 Å². The molecule has 0 saturated heterocycles. The molecule has 29 heavy (non-hydrogen) atoms. The number of benzene rings is 2. The summed E-state index contributed by atoms with van der Waals surface area (Å²) in [6.45, 7) is -0.00516. The molecule has 5 nitrogen and oxygen atoms in total. The Hall–Kier alpha value is -2.64. The van der Waals surface area contributed by atoms with Crippen LogP contribution in [0.1, 0.15) is 21.5 Å². The smallest absolute Gasteiger partial charge is 0.262 e. The highest BCUT2D eigenvalue weighted by Gasteiger charge is 2.19. The van der Waals surface area contributed by atoms with Crippen molar-refractivity contribution >= 4 is 45.1 Å². The van der Waals surface area contributed by atoms with Crippen LogP contribution in [0.3, 0.4) is 0 Å². The predicted molar refractivity (Wildman–Crippen MR) is 116 cm³/mol. The lowest BCUT2D eigenvalue weighted by molar-refractivity contribution is -0.118. The van der Waals surface area contributed by atoms with Gasteiger partial charge in [-0.15, -0.1) is 0 Å². The standard InChI is InChI=1S/C22H17BrN2O3S/c23-12-16-5-3-9-24-22(16)29-20-6-2-1-4-15(20)11-18(26)14-7-8-19-17(10-14)25-21(27)13-28-19/h1-10H,11-13H2,(H,25,27). The van der Waals surface area contributed by atoms with Gasteiger partial charge in [-0.25, -0.2) is 4.98 Å². The van der Waals surface area contributed by atoms with Crippen LogP contribution < -0.4 is 10.1 Å². The zero-order chi connectivity index (χ0) is 20.2. The van der Waals surface area contributed by atoms with E-state index in [0.717, 1.165) is 21.0 Å². The molecule has 1 N–H and O–H groups in total. The second-order valence-electron chi connectivity index (χ2n) is 6.46. The number of nitrogens with zero attached hydrogens (tertiary/aromatic N) is 1. The van der Waals surface area contributed by atoms with Crippen LogP contribution in [-0.4, -0.2) is 23.3 Å². The second kappa shape index (κ2) is 8.80. The summed E-state index contributed by atoms with van der Waals surface area (Å²) in [5.41, 5.74) is 3.11. The lowest BCUT2D eigenvalue weighted by atomic mass is 10.0. The third-order valence-electron chi connectivity index (χ3n) is 4.46. The van der Waals surface area contributed by atoms with Gasteiger partial charge < -0.3 is 10.1 Å². The summed E-state index contributed by atoms with van der Waals surface area (Å²) >= 11 is 5.05. The quantitative estimate of drug-likeness (QED) is 0.412. The number of amides is 1. The van der Waals surface area contributed by atoms with Gasteiger partial charge in [-0.1, -0.05) is 52.0 Å². The molecule has 146 valence electrons. The van der Waals surface area contributed by atoms with Crippen molar-refractivity contribution in [3.8, 4) is 5.75 Å². The van der Waals surface area contributed by atoms with Gasteiger partial charge in [0.15, 0.2) is 12.4 Å². The van der Waals surface area contributed by atoms with E-state index >= 15 is 0 Å². The number of pyridine rings is 1. The number of carbonyl (C=O) groups is 2. The molecule has 0 atom stereocenters. The van der Waals surface area contributed by atoms with Crippen LogP contribution in [0.2, 0.25) is 0 Å². The topological polar surface area (TPSA) is 68.3 Å². The number of ketones is 1. The third kappa shape index (κ3) is 4.52. The van der Waals surface area contributed by atoms with E-state index in [-0.39, 0.29) is 24.7 Å². The van der Waals surface area contributed by atoms with Crippen molar-refractivity contribution in [2.24, 2.45) is 0 Å². The molecule has 1 amide bonds. The van der Waals surface area contributed by atoms with Gasteiger partial charge in [0.25, 0.3) is 5.91 Å². The van der Waals surface area contributed by atoms with E-state index in [1.54, 1.807) is 36.2 Å². The van der Waals surface area contributed by atoms with Crippen LogP contribution in [-0.2, 0) is 16.5 Å². The molecule has 4 rings (SSSR count). The average molecular weight is 469 g/mol. The van der Waals surface area contributed by atoms with Gasteiger partial charge in [-0.2, -0.15) is 0 Å². The first kappa shape index (κ1) is 19.7. The number of hydrogen-bond acceptors (Lipinski definition) is 5. The highest BCUT2D eigenvalue weighted by molar-refractivity contribution is 9.08. The number of rotatable bonds is 6. The zero-order valence-electron chi connectivity index (χ0n) is 15.4. The molecule has 1 aliphatic rings. The Labute approximate surface area is 181 Å². The van der Waals surface area contributed by atoms with Crippen molar-refractivity contribution in [1.82, 2.24) is 4.98 Å². The maximum absolute atomic E-state index is 12.9. The van der Waals surface area contributed by atoms with E-state index in [2.05, 4.69) is 26.2 Å². The minimum Gasteiger partial charge on any atom is -0.482 e. The van der Waals surface area contributed by atoms with Crippen LogP contribution in [0.15, 0.2) is 70.7 Å². The number of anilines is 1. The van der Waals surface area contributed by atoms with Crippen molar-refractivity contribution in [3.05, 3.63) is 77.5 Å². The molecular weight excluding hydrogens is 452 g/mol. The fraction of sp³-hybridized carbons (Fsp3) is 0.136. The number of carbonyl (C=O) groups excluding carboxylic acids is 2. The van der Waals surface area contributed by atoms with Crippen LogP contribution >= 0.6 is 27.7 Å². The molecule has 1 aromatic heterocycles. The van der Waals surface area contributed by atoms with Crippen molar-refractivity contribution < 1.29 is 14.3 Å². The van der Waals surface area contributed by atoms with Crippen molar-refractivity contribution in [2.75, 3.05) is 11.9 Å². The molecule has 3 aromatic rings. The zero-order valence-corrected chi connectivity index (χ0v) is 17.8. The van der Waals surface area contributed by atoms with E-state index in [4.69, 9.17) is 4.74 Å². The molecule has 0 aliphatic carbocycles.